The number of para-hydroxylation sites is 1. The number of benzene rings is 4. The van der Waals surface area contributed by atoms with Gasteiger partial charge in [0.25, 0.3) is 0 Å². The fourth-order valence-corrected chi connectivity index (χ4v) is 5.77. The molecule has 2 atom stereocenters. The molecule has 0 spiro atoms. The Morgan fingerprint density at radius 1 is 0.763 bits per heavy atom. The Labute approximate surface area is 232 Å². The van der Waals surface area contributed by atoms with Gasteiger partial charge in [-0.1, -0.05) is 107 Å². The van der Waals surface area contributed by atoms with E-state index in [0.717, 1.165) is 44.7 Å². The van der Waals surface area contributed by atoms with Crippen molar-refractivity contribution in [1.82, 2.24) is 4.73 Å². The van der Waals surface area contributed by atoms with Gasteiger partial charge in [0, 0.05) is 22.0 Å². The molecule has 0 amide bonds. The van der Waals surface area contributed by atoms with E-state index in [1.807, 2.05) is 22.9 Å². The minimum atomic E-state index is -0.209. The quantitative estimate of drug-likeness (QED) is 0.215. The van der Waals surface area contributed by atoms with Gasteiger partial charge in [-0.3, -0.25) is 4.84 Å². The number of hydrogen-bond acceptors (Lipinski definition) is 3. The second-order valence-corrected chi connectivity index (χ2v) is 10.4. The van der Waals surface area contributed by atoms with Crippen LogP contribution in [-0.2, 0) is 11.3 Å². The third kappa shape index (κ3) is 4.42. The molecule has 190 valence electrons. The predicted octanol–water partition coefficient (Wildman–Crippen LogP) is 8.11. The molecule has 1 aliphatic heterocycles. The van der Waals surface area contributed by atoms with Gasteiger partial charge in [-0.25, -0.2) is 5.06 Å². The highest BCUT2D eigenvalue weighted by molar-refractivity contribution is 9.10. The summed E-state index contributed by atoms with van der Waals surface area (Å²) >= 11 is 3.63. The first kappa shape index (κ1) is 24.5. The average Bonchev–Trinajstić information content (AvgIpc) is 3.12. The number of nitrogens with zero attached hydrogens (tertiary/aromatic N) is 2. The molecule has 0 fully saturated rings. The fourth-order valence-electron chi connectivity index (χ4n) is 5.50. The summed E-state index contributed by atoms with van der Waals surface area (Å²) in [6.45, 7) is 2.15. The molecule has 0 N–H and O–H groups in total. The largest absolute Gasteiger partial charge is 0.417 e. The van der Waals surface area contributed by atoms with Crippen LogP contribution in [0.1, 0.15) is 40.1 Å². The minimum Gasteiger partial charge on any atom is -0.417 e. The molecule has 0 aliphatic carbocycles. The van der Waals surface area contributed by atoms with Crippen LogP contribution in [0.3, 0.4) is 0 Å². The smallest absolute Gasteiger partial charge is 0.115 e. The van der Waals surface area contributed by atoms with E-state index in [4.69, 9.17) is 9.68 Å². The number of aromatic nitrogens is 1. The van der Waals surface area contributed by atoms with E-state index in [1.165, 1.54) is 11.1 Å². The number of halogens is 1. The Kier molecular flexibility index (Phi) is 6.79. The van der Waals surface area contributed by atoms with Gasteiger partial charge >= 0.3 is 0 Å². The lowest BCUT2D eigenvalue weighted by atomic mass is 9.89. The molecule has 0 saturated carbocycles. The van der Waals surface area contributed by atoms with Crippen molar-refractivity contribution in [3.8, 4) is 11.3 Å². The van der Waals surface area contributed by atoms with Crippen molar-refractivity contribution in [2.75, 3.05) is 12.2 Å². The second kappa shape index (κ2) is 10.5. The standard InChI is InChI=1S/C33H29BrN2O2/c1-23-29-22-30(24-12-6-3-7-13-24)38-36(28-16-10-5-11-17-28)33(26-18-20-27(34)21-19-26)31(29)32(35(23)37-2)25-14-8-4-9-15-25/h3-21,30,33H,22H2,1-2H3/t30-,33-/m1/s1. The summed E-state index contributed by atoms with van der Waals surface area (Å²) in [5.74, 6) is 0. The summed E-state index contributed by atoms with van der Waals surface area (Å²) in [4.78, 5) is 13.1. The average molecular weight is 566 g/mol. The molecule has 6 rings (SSSR count). The molecular weight excluding hydrogens is 536 g/mol. The van der Waals surface area contributed by atoms with E-state index in [2.05, 4.69) is 125 Å². The molecule has 0 saturated heterocycles. The zero-order valence-electron chi connectivity index (χ0n) is 21.4. The highest BCUT2D eigenvalue weighted by atomic mass is 79.9. The van der Waals surface area contributed by atoms with Crippen molar-refractivity contribution in [3.05, 3.63) is 148 Å². The molecular formula is C33H29BrN2O2. The van der Waals surface area contributed by atoms with Crippen LogP contribution in [0.2, 0.25) is 0 Å². The summed E-state index contributed by atoms with van der Waals surface area (Å²) in [5, 5.41) is 2.10. The third-order valence-electron chi connectivity index (χ3n) is 7.26. The summed E-state index contributed by atoms with van der Waals surface area (Å²) in [5.41, 5.74) is 8.95. The van der Waals surface area contributed by atoms with Crippen molar-refractivity contribution in [3.63, 3.8) is 0 Å². The van der Waals surface area contributed by atoms with Crippen molar-refractivity contribution in [2.45, 2.75) is 25.5 Å². The molecule has 5 heteroatoms. The molecule has 2 heterocycles. The van der Waals surface area contributed by atoms with Gasteiger partial charge in [0.15, 0.2) is 0 Å². The van der Waals surface area contributed by atoms with Crippen LogP contribution in [0.4, 0.5) is 5.69 Å². The molecule has 4 aromatic carbocycles. The van der Waals surface area contributed by atoms with Crippen LogP contribution in [0.25, 0.3) is 11.3 Å². The number of fused-ring (bicyclic) bond motifs is 1. The van der Waals surface area contributed by atoms with Crippen LogP contribution in [0.5, 0.6) is 0 Å². The van der Waals surface area contributed by atoms with Crippen molar-refractivity contribution >= 4 is 21.6 Å². The molecule has 4 nitrogen and oxygen atoms in total. The maximum Gasteiger partial charge on any atom is 0.115 e. The Bertz CT molecular complexity index is 1520. The molecule has 0 bridgehead atoms. The van der Waals surface area contributed by atoms with Crippen molar-refractivity contribution in [1.29, 1.82) is 0 Å². The first-order valence-electron chi connectivity index (χ1n) is 12.8. The molecule has 0 radical (unpaired) electrons. The van der Waals surface area contributed by atoms with Crippen LogP contribution in [0.15, 0.2) is 120 Å². The highest BCUT2D eigenvalue weighted by Crippen LogP contribution is 2.47. The lowest BCUT2D eigenvalue weighted by molar-refractivity contribution is 0.0259. The Balaban J connectivity index is 1.68. The molecule has 1 aliphatic rings. The first-order chi connectivity index (χ1) is 18.7. The molecule has 1 aromatic heterocycles. The van der Waals surface area contributed by atoms with Crippen LogP contribution >= 0.6 is 15.9 Å². The van der Waals surface area contributed by atoms with Gasteiger partial charge in [-0.2, -0.15) is 4.73 Å². The second-order valence-electron chi connectivity index (χ2n) is 9.49. The summed E-state index contributed by atoms with van der Waals surface area (Å²) in [6, 6.07) is 39.7. The van der Waals surface area contributed by atoms with Gasteiger partial charge in [-0.15, -0.1) is 0 Å². The normalized spacial score (nSPS) is 17.1. The summed E-state index contributed by atoms with van der Waals surface area (Å²) < 4.78 is 3.03. The molecule has 38 heavy (non-hydrogen) atoms. The predicted molar refractivity (Wildman–Crippen MR) is 156 cm³/mol. The zero-order chi connectivity index (χ0) is 26.1. The zero-order valence-corrected chi connectivity index (χ0v) is 23.0. The Morgan fingerprint density at radius 3 is 2.00 bits per heavy atom. The topological polar surface area (TPSA) is 26.6 Å². The van der Waals surface area contributed by atoms with Crippen LogP contribution in [0, 0.1) is 6.92 Å². The van der Waals surface area contributed by atoms with E-state index in [0.29, 0.717) is 0 Å². The summed E-state index contributed by atoms with van der Waals surface area (Å²) in [7, 11) is 1.74. The third-order valence-corrected chi connectivity index (χ3v) is 7.79. The van der Waals surface area contributed by atoms with Crippen LogP contribution in [-0.4, -0.2) is 11.8 Å². The van der Waals surface area contributed by atoms with E-state index in [9.17, 15) is 0 Å². The molecule has 5 aromatic rings. The van der Waals surface area contributed by atoms with Gasteiger partial charge in [0.2, 0.25) is 0 Å². The van der Waals surface area contributed by atoms with E-state index in [1.54, 1.807) is 7.11 Å². The number of rotatable bonds is 5. The van der Waals surface area contributed by atoms with Gasteiger partial charge in [0.05, 0.1) is 17.1 Å². The Hall–Kier alpha value is -3.80. The number of anilines is 1. The Morgan fingerprint density at radius 2 is 1.37 bits per heavy atom. The monoisotopic (exact) mass is 564 g/mol. The van der Waals surface area contributed by atoms with Crippen molar-refractivity contribution < 1.29 is 9.68 Å². The van der Waals surface area contributed by atoms with E-state index >= 15 is 0 Å². The maximum absolute atomic E-state index is 7.01. The number of hydroxylamine groups is 1. The lowest BCUT2D eigenvalue weighted by Crippen LogP contribution is -2.30. The van der Waals surface area contributed by atoms with Gasteiger partial charge in [-0.05, 0) is 47.9 Å². The lowest BCUT2D eigenvalue weighted by Gasteiger charge is -2.34. The van der Waals surface area contributed by atoms with E-state index < -0.39 is 0 Å². The summed E-state index contributed by atoms with van der Waals surface area (Å²) in [6.07, 6.45) is 0.545. The highest BCUT2D eigenvalue weighted by Gasteiger charge is 2.39. The van der Waals surface area contributed by atoms with Gasteiger partial charge in [0.1, 0.15) is 19.3 Å². The maximum atomic E-state index is 7.01. The number of hydrogen-bond donors (Lipinski definition) is 0. The van der Waals surface area contributed by atoms with E-state index in [-0.39, 0.29) is 12.1 Å². The SMILES string of the molecule is COn1c(C)c2c(c1-c1ccccc1)[C@@H](c1ccc(Br)cc1)N(c1ccccc1)O[C@@H](c1ccccc1)C2. The molecule has 0 unspecified atom stereocenters. The minimum absolute atomic E-state index is 0.175. The van der Waals surface area contributed by atoms with Gasteiger partial charge < -0.3 is 4.84 Å². The van der Waals surface area contributed by atoms with Crippen LogP contribution < -0.4 is 9.90 Å². The van der Waals surface area contributed by atoms with Crippen molar-refractivity contribution in [2.24, 2.45) is 0 Å². The first-order valence-corrected chi connectivity index (χ1v) is 13.6. The fraction of sp³-hybridized carbons (Fsp3) is 0.152.